The second-order valence-corrected chi connectivity index (χ2v) is 10.1. The maximum absolute atomic E-state index is 6.05. The third kappa shape index (κ3) is 9.15. The Bertz CT molecular complexity index is 913. The number of piperidine rings is 1. The van der Waals surface area contributed by atoms with E-state index in [1.54, 1.807) is 0 Å². The number of likely N-dealkylation sites (tertiary alicyclic amines) is 1. The molecule has 3 rings (SSSR count). The van der Waals surface area contributed by atoms with Gasteiger partial charge in [0.2, 0.25) is 0 Å². The molecule has 0 aromatic heterocycles. The summed E-state index contributed by atoms with van der Waals surface area (Å²) in [5, 5.41) is 0. The van der Waals surface area contributed by atoms with E-state index in [2.05, 4.69) is 60.0 Å². The molecule has 1 unspecified atom stereocenters. The van der Waals surface area contributed by atoms with Gasteiger partial charge in [-0.2, -0.15) is 0 Å². The molecule has 1 aliphatic heterocycles. The quantitative estimate of drug-likeness (QED) is 0.254. The van der Waals surface area contributed by atoms with Crippen LogP contribution in [0.1, 0.15) is 43.7 Å². The molecule has 2 aromatic carbocycles. The van der Waals surface area contributed by atoms with Crippen molar-refractivity contribution >= 4 is 11.8 Å². The molecule has 4 heteroatoms. The van der Waals surface area contributed by atoms with Gasteiger partial charge >= 0.3 is 0 Å². The van der Waals surface area contributed by atoms with Crippen molar-refractivity contribution in [2.24, 2.45) is 5.92 Å². The molecule has 2 aromatic rings. The lowest BCUT2D eigenvalue weighted by Crippen LogP contribution is -2.43. The number of likely N-dealkylation sites (N-methyl/N-ethyl adjacent to an activating group) is 1. The fourth-order valence-corrected chi connectivity index (χ4v) is 5.03. The van der Waals surface area contributed by atoms with Gasteiger partial charge in [0.1, 0.15) is 5.75 Å². The fourth-order valence-electron chi connectivity index (χ4n) is 5.03. The number of rotatable bonds is 16. The SMILES string of the molecule is C=CCN(CCN1CCCC(COc2ccccc2)C1)CCN(C)c1cc(C=C)ccc1CCCC. The molecule has 0 aliphatic carbocycles. The standard InChI is InChI=1S/C32H47N3O/c1-5-8-14-30-18-17-28(7-3)25-32(30)33(4)21-22-34(19-6-2)23-24-35-20-12-13-29(26-35)27-36-31-15-10-9-11-16-31/h6-7,9-11,15-18,25,29H,2-3,5,8,12-14,19-24,26-27H2,1,4H3. The topological polar surface area (TPSA) is 19.0 Å². The van der Waals surface area contributed by atoms with Crippen molar-refractivity contribution in [1.29, 1.82) is 0 Å². The van der Waals surface area contributed by atoms with Crippen LogP contribution in [0.5, 0.6) is 5.75 Å². The Balaban J connectivity index is 1.49. The monoisotopic (exact) mass is 489 g/mol. The molecule has 0 bridgehead atoms. The first-order valence-corrected chi connectivity index (χ1v) is 13.8. The molecule has 0 amide bonds. The molecule has 1 atom stereocenters. The van der Waals surface area contributed by atoms with Crippen molar-refractivity contribution in [3.05, 3.63) is 78.9 Å². The summed E-state index contributed by atoms with van der Waals surface area (Å²) in [6.07, 6.45) is 10.1. The molecular weight excluding hydrogens is 442 g/mol. The summed E-state index contributed by atoms with van der Waals surface area (Å²) in [5.41, 5.74) is 3.98. The van der Waals surface area contributed by atoms with Crippen LogP contribution in [0.2, 0.25) is 0 Å². The van der Waals surface area contributed by atoms with E-state index in [1.807, 2.05) is 42.5 Å². The van der Waals surface area contributed by atoms with Gasteiger partial charge in [-0.05, 0) is 61.6 Å². The van der Waals surface area contributed by atoms with Crippen LogP contribution >= 0.6 is 0 Å². The zero-order valence-corrected chi connectivity index (χ0v) is 22.7. The number of anilines is 1. The van der Waals surface area contributed by atoms with Gasteiger partial charge in [0.15, 0.2) is 0 Å². The maximum Gasteiger partial charge on any atom is 0.119 e. The summed E-state index contributed by atoms with van der Waals surface area (Å²) in [6, 6.07) is 17.0. The Hall–Kier alpha value is -2.56. The van der Waals surface area contributed by atoms with Crippen molar-refractivity contribution in [1.82, 2.24) is 9.80 Å². The summed E-state index contributed by atoms with van der Waals surface area (Å²) in [5.74, 6) is 1.59. The van der Waals surface area contributed by atoms with Crippen LogP contribution in [-0.4, -0.2) is 69.3 Å². The third-order valence-corrected chi connectivity index (χ3v) is 7.26. The zero-order valence-electron chi connectivity index (χ0n) is 22.7. The van der Waals surface area contributed by atoms with Gasteiger partial charge in [-0.1, -0.05) is 62.4 Å². The average Bonchev–Trinajstić information content (AvgIpc) is 2.92. The highest BCUT2D eigenvalue weighted by molar-refractivity contribution is 5.61. The van der Waals surface area contributed by atoms with Crippen LogP contribution in [0.4, 0.5) is 5.69 Å². The second-order valence-electron chi connectivity index (χ2n) is 10.1. The number of hydrogen-bond donors (Lipinski definition) is 0. The lowest BCUT2D eigenvalue weighted by Gasteiger charge is -2.34. The molecule has 4 nitrogen and oxygen atoms in total. The number of hydrogen-bond acceptors (Lipinski definition) is 4. The number of ether oxygens (including phenoxy) is 1. The highest BCUT2D eigenvalue weighted by atomic mass is 16.5. The van der Waals surface area contributed by atoms with Gasteiger partial charge in [-0.3, -0.25) is 4.90 Å². The van der Waals surface area contributed by atoms with E-state index in [9.17, 15) is 0 Å². The van der Waals surface area contributed by atoms with Crippen LogP contribution in [0.25, 0.3) is 6.08 Å². The van der Waals surface area contributed by atoms with Crippen LogP contribution in [0.3, 0.4) is 0 Å². The highest BCUT2D eigenvalue weighted by Crippen LogP contribution is 2.24. The normalized spacial score (nSPS) is 16.1. The first-order chi connectivity index (χ1) is 17.6. The van der Waals surface area contributed by atoms with Crippen LogP contribution < -0.4 is 9.64 Å². The molecule has 1 heterocycles. The Kier molecular flexibility index (Phi) is 12.1. The summed E-state index contributed by atoms with van der Waals surface area (Å²) in [7, 11) is 2.23. The molecular formula is C32H47N3O. The zero-order chi connectivity index (χ0) is 25.6. The Morgan fingerprint density at radius 3 is 2.67 bits per heavy atom. The van der Waals surface area contributed by atoms with E-state index in [0.29, 0.717) is 5.92 Å². The predicted octanol–water partition coefficient (Wildman–Crippen LogP) is 6.39. The lowest BCUT2D eigenvalue weighted by molar-refractivity contribution is 0.119. The molecule has 0 N–H and O–H groups in total. The molecule has 1 saturated heterocycles. The minimum Gasteiger partial charge on any atom is -0.493 e. The van der Waals surface area contributed by atoms with Crippen molar-refractivity contribution in [2.75, 3.05) is 64.4 Å². The number of nitrogens with zero attached hydrogens (tertiary/aromatic N) is 3. The summed E-state index contributed by atoms with van der Waals surface area (Å²) in [4.78, 5) is 7.58. The summed E-state index contributed by atoms with van der Waals surface area (Å²) in [6.45, 7) is 18.5. The Morgan fingerprint density at radius 1 is 1.08 bits per heavy atom. The molecule has 1 aliphatic rings. The molecule has 0 spiro atoms. The van der Waals surface area contributed by atoms with Gasteiger partial charge in [0, 0.05) is 57.9 Å². The molecule has 36 heavy (non-hydrogen) atoms. The number of para-hydroxylation sites is 1. The molecule has 0 radical (unpaired) electrons. The largest absolute Gasteiger partial charge is 0.493 e. The predicted molar refractivity (Wildman–Crippen MR) is 156 cm³/mol. The van der Waals surface area contributed by atoms with Crippen LogP contribution in [0.15, 0.2) is 67.8 Å². The first-order valence-electron chi connectivity index (χ1n) is 13.8. The lowest BCUT2D eigenvalue weighted by atomic mass is 9.99. The van der Waals surface area contributed by atoms with Gasteiger partial charge in [0.05, 0.1) is 6.61 Å². The fraction of sp³-hybridized carbons (Fsp3) is 0.500. The summed E-state index contributed by atoms with van der Waals surface area (Å²) < 4.78 is 6.05. The smallest absolute Gasteiger partial charge is 0.119 e. The van der Waals surface area contributed by atoms with Gasteiger partial charge in [0.25, 0.3) is 0 Å². The van der Waals surface area contributed by atoms with E-state index >= 15 is 0 Å². The van der Waals surface area contributed by atoms with E-state index < -0.39 is 0 Å². The highest BCUT2D eigenvalue weighted by Gasteiger charge is 2.21. The number of benzene rings is 2. The van der Waals surface area contributed by atoms with E-state index in [-0.39, 0.29) is 0 Å². The van der Waals surface area contributed by atoms with Gasteiger partial charge < -0.3 is 14.5 Å². The van der Waals surface area contributed by atoms with Crippen molar-refractivity contribution < 1.29 is 4.74 Å². The maximum atomic E-state index is 6.05. The molecule has 1 fully saturated rings. The molecule has 0 saturated carbocycles. The second kappa shape index (κ2) is 15.5. The minimum atomic E-state index is 0.608. The van der Waals surface area contributed by atoms with Crippen molar-refractivity contribution in [3.8, 4) is 5.75 Å². The van der Waals surface area contributed by atoms with E-state index in [1.165, 1.54) is 49.0 Å². The van der Waals surface area contributed by atoms with Gasteiger partial charge in [-0.25, -0.2) is 0 Å². The Morgan fingerprint density at radius 2 is 1.92 bits per heavy atom. The van der Waals surface area contributed by atoms with E-state index in [4.69, 9.17) is 4.74 Å². The van der Waals surface area contributed by atoms with Crippen molar-refractivity contribution in [2.45, 2.75) is 39.0 Å². The van der Waals surface area contributed by atoms with E-state index in [0.717, 1.165) is 58.0 Å². The number of aryl methyl sites for hydroxylation is 1. The Labute approximate surface area is 220 Å². The van der Waals surface area contributed by atoms with Crippen molar-refractivity contribution in [3.63, 3.8) is 0 Å². The number of unbranched alkanes of at least 4 members (excludes halogenated alkanes) is 1. The van der Waals surface area contributed by atoms with Crippen LogP contribution in [-0.2, 0) is 6.42 Å². The summed E-state index contributed by atoms with van der Waals surface area (Å²) >= 11 is 0. The minimum absolute atomic E-state index is 0.608. The van der Waals surface area contributed by atoms with Crippen LogP contribution in [0, 0.1) is 5.92 Å². The molecule has 196 valence electrons. The first kappa shape index (κ1) is 28.0. The third-order valence-electron chi connectivity index (χ3n) is 7.26. The average molecular weight is 490 g/mol. The van der Waals surface area contributed by atoms with Gasteiger partial charge in [-0.15, -0.1) is 6.58 Å².